The summed E-state index contributed by atoms with van der Waals surface area (Å²) in [5.41, 5.74) is 0.925. The zero-order valence-electron chi connectivity index (χ0n) is 15.4. The molecule has 0 aliphatic carbocycles. The van der Waals surface area contributed by atoms with E-state index in [1.165, 1.54) is 5.56 Å². The Morgan fingerprint density at radius 1 is 1.15 bits per heavy atom. The Labute approximate surface area is 154 Å². The second kappa shape index (κ2) is 6.91. The van der Waals surface area contributed by atoms with Gasteiger partial charge in [-0.05, 0) is 37.4 Å². The van der Waals surface area contributed by atoms with Crippen LogP contribution in [0.15, 0.2) is 30.3 Å². The highest BCUT2D eigenvalue weighted by Gasteiger charge is 2.49. The van der Waals surface area contributed by atoms with Gasteiger partial charge in [0.25, 0.3) is 0 Å². The smallest absolute Gasteiger partial charge is 0.410 e. The summed E-state index contributed by atoms with van der Waals surface area (Å²) < 4.78 is 5.53. The number of ether oxygens (including phenoxy) is 1. The van der Waals surface area contributed by atoms with Crippen LogP contribution in [0.3, 0.4) is 0 Å². The molecule has 3 aliphatic heterocycles. The highest BCUT2D eigenvalue weighted by atomic mass is 16.6. The SMILES string of the molecule is CN1C[C@]2(CCN(C(=O)CN3CCC(c4ccccc4)CC3)C2)OC1=O. The van der Waals surface area contributed by atoms with Crippen molar-refractivity contribution < 1.29 is 14.3 Å². The van der Waals surface area contributed by atoms with E-state index in [-0.39, 0.29) is 12.0 Å². The van der Waals surface area contributed by atoms with Crippen LogP contribution >= 0.6 is 0 Å². The summed E-state index contributed by atoms with van der Waals surface area (Å²) in [6.07, 6.45) is 2.67. The molecule has 2 amide bonds. The highest BCUT2D eigenvalue weighted by Crippen LogP contribution is 2.32. The van der Waals surface area contributed by atoms with Gasteiger partial charge in [0.05, 0.1) is 19.6 Å². The molecule has 140 valence electrons. The van der Waals surface area contributed by atoms with E-state index in [0.717, 1.165) is 32.4 Å². The number of carbonyl (C=O) groups excluding carboxylic acids is 2. The van der Waals surface area contributed by atoms with Crippen molar-refractivity contribution in [3.05, 3.63) is 35.9 Å². The van der Waals surface area contributed by atoms with Gasteiger partial charge in [-0.1, -0.05) is 30.3 Å². The molecule has 26 heavy (non-hydrogen) atoms. The summed E-state index contributed by atoms with van der Waals surface area (Å²) in [4.78, 5) is 30.1. The predicted octanol–water partition coefficient (Wildman–Crippen LogP) is 1.92. The summed E-state index contributed by atoms with van der Waals surface area (Å²) in [5.74, 6) is 0.761. The molecule has 0 unspecified atom stereocenters. The van der Waals surface area contributed by atoms with Gasteiger partial charge in [-0.2, -0.15) is 0 Å². The molecule has 3 saturated heterocycles. The quantitative estimate of drug-likeness (QED) is 0.829. The summed E-state index contributed by atoms with van der Waals surface area (Å²) in [7, 11) is 1.75. The third-order valence-corrected chi connectivity index (χ3v) is 6.03. The molecule has 0 bridgehead atoms. The van der Waals surface area contributed by atoms with Gasteiger partial charge in [0, 0.05) is 20.0 Å². The summed E-state index contributed by atoms with van der Waals surface area (Å²) >= 11 is 0. The molecule has 3 heterocycles. The molecule has 0 N–H and O–H groups in total. The van der Waals surface area contributed by atoms with E-state index in [1.54, 1.807) is 11.9 Å². The Morgan fingerprint density at radius 3 is 2.54 bits per heavy atom. The Morgan fingerprint density at radius 2 is 1.88 bits per heavy atom. The zero-order chi connectivity index (χ0) is 18.1. The van der Waals surface area contributed by atoms with Gasteiger partial charge in [-0.3, -0.25) is 9.69 Å². The van der Waals surface area contributed by atoms with Gasteiger partial charge >= 0.3 is 6.09 Å². The molecule has 4 rings (SSSR count). The average molecular weight is 357 g/mol. The predicted molar refractivity (Wildman–Crippen MR) is 97.9 cm³/mol. The van der Waals surface area contributed by atoms with E-state index in [9.17, 15) is 9.59 Å². The van der Waals surface area contributed by atoms with Crippen molar-refractivity contribution in [1.29, 1.82) is 0 Å². The lowest BCUT2D eigenvalue weighted by molar-refractivity contribution is -0.132. The molecule has 1 spiro atoms. The molecule has 0 saturated carbocycles. The van der Waals surface area contributed by atoms with E-state index < -0.39 is 5.60 Å². The van der Waals surface area contributed by atoms with Crippen LogP contribution in [0.2, 0.25) is 0 Å². The summed E-state index contributed by atoms with van der Waals surface area (Å²) in [5, 5.41) is 0. The van der Waals surface area contributed by atoms with E-state index in [1.807, 2.05) is 4.90 Å². The van der Waals surface area contributed by atoms with E-state index >= 15 is 0 Å². The second-order valence-electron chi connectivity index (χ2n) is 7.93. The van der Waals surface area contributed by atoms with Gasteiger partial charge < -0.3 is 14.5 Å². The number of likely N-dealkylation sites (tertiary alicyclic amines) is 2. The molecule has 1 aromatic carbocycles. The molecule has 0 aromatic heterocycles. The average Bonchev–Trinajstić information content (AvgIpc) is 3.19. The minimum absolute atomic E-state index is 0.158. The lowest BCUT2D eigenvalue weighted by atomic mass is 9.89. The molecule has 3 fully saturated rings. The molecule has 1 aromatic rings. The van der Waals surface area contributed by atoms with E-state index in [0.29, 0.717) is 32.1 Å². The number of hydrogen-bond acceptors (Lipinski definition) is 4. The number of piperidine rings is 1. The molecular formula is C20H27N3O3. The fourth-order valence-corrected chi connectivity index (χ4v) is 4.50. The maximum atomic E-state index is 12.7. The van der Waals surface area contributed by atoms with Crippen LogP contribution in [0.1, 0.15) is 30.7 Å². The van der Waals surface area contributed by atoms with Gasteiger partial charge in [0.2, 0.25) is 5.91 Å². The number of rotatable bonds is 3. The fourth-order valence-electron chi connectivity index (χ4n) is 4.50. The number of likely N-dealkylation sites (N-methyl/N-ethyl adjacent to an activating group) is 1. The highest BCUT2D eigenvalue weighted by molar-refractivity contribution is 5.79. The first-order chi connectivity index (χ1) is 12.5. The summed E-state index contributed by atoms with van der Waals surface area (Å²) in [6, 6.07) is 10.7. The number of nitrogens with zero attached hydrogens (tertiary/aromatic N) is 3. The maximum absolute atomic E-state index is 12.7. The van der Waals surface area contributed by atoms with Crippen LogP contribution in [0.5, 0.6) is 0 Å². The number of amides is 2. The van der Waals surface area contributed by atoms with Crippen molar-refractivity contribution in [3.63, 3.8) is 0 Å². The molecular weight excluding hydrogens is 330 g/mol. The first kappa shape index (κ1) is 17.3. The van der Waals surface area contributed by atoms with Crippen molar-refractivity contribution in [2.24, 2.45) is 0 Å². The number of benzene rings is 1. The maximum Gasteiger partial charge on any atom is 0.410 e. The monoisotopic (exact) mass is 357 g/mol. The van der Waals surface area contributed by atoms with E-state index in [4.69, 9.17) is 4.74 Å². The van der Waals surface area contributed by atoms with Gasteiger partial charge in [0.15, 0.2) is 5.60 Å². The van der Waals surface area contributed by atoms with Crippen LogP contribution in [-0.4, -0.2) is 78.6 Å². The largest absolute Gasteiger partial charge is 0.439 e. The standard InChI is InChI=1S/C20H27N3O3/c1-21-14-20(26-19(21)25)9-12-23(15-20)18(24)13-22-10-7-17(8-11-22)16-5-3-2-4-6-16/h2-6,17H,7-15H2,1H3/t20-/m0/s1. The normalized spacial score (nSPS) is 27.3. The van der Waals surface area contributed by atoms with Crippen molar-refractivity contribution in [2.75, 3.05) is 46.3 Å². The lowest BCUT2D eigenvalue weighted by Crippen LogP contribution is -2.44. The van der Waals surface area contributed by atoms with Crippen molar-refractivity contribution in [2.45, 2.75) is 30.8 Å². The molecule has 3 aliphatic rings. The third kappa shape index (κ3) is 3.43. The number of carbonyl (C=O) groups is 2. The molecule has 6 nitrogen and oxygen atoms in total. The third-order valence-electron chi connectivity index (χ3n) is 6.03. The van der Waals surface area contributed by atoms with Gasteiger partial charge in [-0.25, -0.2) is 4.79 Å². The minimum Gasteiger partial charge on any atom is -0.439 e. The minimum atomic E-state index is -0.484. The summed E-state index contributed by atoms with van der Waals surface area (Å²) in [6.45, 7) is 4.19. The van der Waals surface area contributed by atoms with Crippen molar-refractivity contribution in [3.8, 4) is 0 Å². The zero-order valence-corrected chi connectivity index (χ0v) is 15.4. The number of hydrogen-bond donors (Lipinski definition) is 0. The van der Waals surface area contributed by atoms with Gasteiger partial charge in [-0.15, -0.1) is 0 Å². The Kier molecular flexibility index (Phi) is 4.61. The Bertz CT molecular complexity index is 672. The first-order valence-electron chi connectivity index (χ1n) is 9.54. The Hall–Kier alpha value is -2.08. The van der Waals surface area contributed by atoms with Crippen LogP contribution in [-0.2, 0) is 9.53 Å². The van der Waals surface area contributed by atoms with Crippen LogP contribution in [0.25, 0.3) is 0 Å². The van der Waals surface area contributed by atoms with Crippen LogP contribution in [0, 0.1) is 0 Å². The first-order valence-corrected chi connectivity index (χ1v) is 9.54. The molecule has 1 atom stereocenters. The molecule has 0 radical (unpaired) electrons. The van der Waals surface area contributed by atoms with Crippen molar-refractivity contribution >= 4 is 12.0 Å². The molecule has 6 heteroatoms. The van der Waals surface area contributed by atoms with Crippen molar-refractivity contribution in [1.82, 2.24) is 14.7 Å². The second-order valence-corrected chi connectivity index (χ2v) is 7.93. The lowest BCUT2D eigenvalue weighted by Gasteiger charge is -2.32. The fraction of sp³-hybridized carbons (Fsp3) is 0.600. The van der Waals surface area contributed by atoms with Gasteiger partial charge in [0.1, 0.15) is 0 Å². The van der Waals surface area contributed by atoms with Crippen LogP contribution in [0.4, 0.5) is 4.79 Å². The Balaban J connectivity index is 1.27. The van der Waals surface area contributed by atoms with Crippen LogP contribution < -0.4 is 0 Å². The topological polar surface area (TPSA) is 53.1 Å². The van der Waals surface area contributed by atoms with E-state index in [2.05, 4.69) is 35.2 Å².